The first-order valence-electron chi connectivity index (χ1n) is 5.07. The second kappa shape index (κ2) is 4.50. The molecule has 2 rings (SSSR count). The maximum atomic E-state index is 11.5. The molecule has 1 aromatic rings. The Morgan fingerprint density at radius 1 is 1.29 bits per heavy atom. The number of carbonyl (C=O) groups is 2. The molecule has 1 fully saturated rings. The highest BCUT2D eigenvalue weighted by Crippen LogP contribution is 2.13. The Kier molecular flexibility index (Phi) is 3.06. The zero-order valence-corrected chi connectivity index (χ0v) is 9.89. The molecule has 0 unspecified atom stereocenters. The summed E-state index contributed by atoms with van der Waals surface area (Å²) in [5.74, 6) is 0.223. The van der Waals surface area contributed by atoms with Crippen LogP contribution in [0.3, 0.4) is 0 Å². The SMILES string of the molecule is CCc1ccc(C=C2C(=O)NC(=S)NC2=O)o1. The number of carbonyl (C=O) groups excluding carboxylic acids is 2. The van der Waals surface area contributed by atoms with E-state index in [0.29, 0.717) is 5.76 Å². The second-order valence-corrected chi connectivity index (χ2v) is 3.86. The number of amides is 2. The minimum absolute atomic E-state index is 0.0180. The van der Waals surface area contributed by atoms with E-state index < -0.39 is 11.8 Å². The summed E-state index contributed by atoms with van der Waals surface area (Å²) in [7, 11) is 0. The van der Waals surface area contributed by atoms with Crippen LogP contribution in [-0.4, -0.2) is 16.9 Å². The van der Waals surface area contributed by atoms with Crippen molar-refractivity contribution in [1.29, 1.82) is 0 Å². The van der Waals surface area contributed by atoms with Gasteiger partial charge in [0.05, 0.1) is 0 Å². The molecule has 17 heavy (non-hydrogen) atoms. The Morgan fingerprint density at radius 2 is 1.94 bits per heavy atom. The fourth-order valence-electron chi connectivity index (χ4n) is 1.41. The number of nitrogens with one attached hydrogen (secondary N) is 2. The first-order valence-corrected chi connectivity index (χ1v) is 5.48. The van der Waals surface area contributed by atoms with Crippen LogP contribution in [0.1, 0.15) is 18.4 Å². The molecule has 88 valence electrons. The number of hydrogen-bond acceptors (Lipinski definition) is 4. The number of furan rings is 1. The van der Waals surface area contributed by atoms with Crippen LogP contribution >= 0.6 is 12.2 Å². The molecular weight excluding hydrogens is 240 g/mol. The molecule has 0 radical (unpaired) electrons. The third-order valence-corrected chi connectivity index (χ3v) is 2.46. The van der Waals surface area contributed by atoms with E-state index in [9.17, 15) is 9.59 Å². The van der Waals surface area contributed by atoms with Crippen LogP contribution in [0.5, 0.6) is 0 Å². The number of rotatable bonds is 2. The quantitative estimate of drug-likeness (QED) is 0.462. The molecule has 0 aromatic carbocycles. The predicted octanol–water partition coefficient (Wildman–Crippen LogP) is 0.756. The van der Waals surface area contributed by atoms with Gasteiger partial charge in [0.15, 0.2) is 5.11 Å². The van der Waals surface area contributed by atoms with Gasteiger partial charge < -0.3 is 4.42 Å². The van der Waals surface area contributed by atoms with Gasteiger partial charge in [-0.25, -0.2) is 0 Å². The summed E-state index contributed by atoms with van der Waals surface area (Å²) >= 11 is 4.69. The van der Waals surface area contributed by atoms with Gasteiger partial charge in [0, 0.05) is 6.42 Å². The molecule has 6 heteroatoms. The first-order chi connectivity index (χ1) is 8.10. The van der Waals surface area contributed by atoms with Crippen molar-refractivity contribution in [1.82, 2.24) is 10.6 Å². The lowest BCUT2D eigenvalue weighted by molar-refractivity contribution is -0.123. The number of hydrogen-bond donors (Lipinski definition) is 2. The topological polar surface area (TPSA) is 71.3 Å². The summed E-state index contributed by atoms with van der Waals surface area (Å²) < 4.78 is 5.39. The summed E-state index contributed by atoms with van der Waals surface area (Å²) in [6.45, 7) is 1.95. The van der Waals surface area contributed by atoms with E-state index >= 15 is 0 Å². The van der Waals surface area contributed by atoms with E-state index in [-0.39, 0.29) is 10.7 Å². The molecule has 0 aliphatic carbocycles. The van der Waals surface area contributed by atoms with Crippen molar-refractivity contribution in [3.63, 3.8) is 0 Å². The number of aryl methyl sites for hydroxylation is 1. The lowest BCUT2D eigenvalue weighted by Crippen LogP contribution is -2.51. The predicted molar refractivity (Wildman–Crippen MR) is 64.9 cm³/mol. The van der Waals surface area contributed by atoms with Gasteiger partial charge in [-0.2, -0.15) is 0 Å². The first kappa shape index (κ1) is 11.5. The summed E-state index contributed by atoms with van der Waals surface area (Å²) in [4.78, 5) is 23.1. The zero-order valence-electron chi connectivity index (χ0n) is 9.07. The smallest absolute Gasteiger partial charge is 0.263 e. The minimum Gasteiger partial charge on any atom is -0.462 e. The molecule has 1 saturated heterocycles. The summed E-state index contributed by atoms with van der Waals surface area (Å²) in [6, 6.07) is 3.51. The molecule has 1 aliphatic heterocycles. The largest absolute Gasteiger partial charge is 0.462 e. The molecule has 2 heterocycles. The van der Waals surface area contributed by atoms with Crippen molar-refractivity contribution >= 4 is 35.2 Å². The van der Waals surface area contributed by atoms with Crippen molar-refractivity contribution in [3.05, 3.63) is 29.2 Å². The number of thiocarbonyl (C=S) groups is 1. The van der Waals surface area contributed by atoms with Crippen molar-refractivity contribution in [2.45, 2.75) is 13.3 Å². The van der Waals surface area contributed by atoms with E-state index in [2.05, 4.69) is 22.9 Å². The molecule has 1 aliphatic rings. The monoisotopic (exact) mass is 250 g/mol. The molecule has 0 bridgehead atoms. The van der Waals surface area contributed by atoms with Crippen molar-refractivity contribution < 1.29 is 14.0 Å². The Hall–Kier alpha value is -1.95. The average molecular weight is 250 g/mol. The van der Waals surface area contributed by atoms with Gasteiger partial charge in [0.25, 0.3) is 11.8 Å². The molecule has 1 aromatic heterocycles. The maximum absolute atomic E-state index is 11.5. The van der Waals surface area contributed by atoms with E-state index in [1.807, 2.05) is 6.92 Å². The lowest BCUT2D eigenvalue weighted by atomic mass is 10.1. The van der Waals surface area contributed by atoms with Crippen LogP contribution in [-0.2, 0) is 16.0 Å². The fraction of sp³-hybridized carbons (Fsp3) is 0.182. The van der Waals surface area contributed by atoms with Gasteiger partial charge in [0.1, 0.15) is 17.1 Å². The molecule has 0 atom stereocenters. The standard InChI is InChI=1S/C11H10N2O3S/c1-2-6-3-4-7(16-6)5-8-9(14)12-11(17)13-10(8)15/h3-5H,2H2,1H3,(H2,12,13,14,15,17). The lowest BCUT2D eigenvalue weighted by Gasteiger charge is -2.15. The van der Waals surface area contributed by atoms with Crippen molar-refractivity contribution in [2.24, 2.45) is 0 Å². The van der Waals surface area contributed by atoms with Crippen molar-refractivity contribution in [3.8, 4) is 0 Å². The van der Waals surface area contributed by atoms with E-state index in [1.165, 1.54) is 6.08 Å². The van der Waals surface area contributed by atoms with Crippen molar-refractivity contribution in [2.75, 3.05) is 0 Å². The summed E-state index contributed by atoms with van der Waals surface area (Å²) in [5.41, 5.74) is -0.0180. The Labute approximate surface area is 103 Å². The summed E-state index contributed by atoms with van der Waals surface area (Å²) in [6.07, 6.45) is 2.15. The van der Waals surface area contributed by atoms with Gasteiger partial charge in [-0.05, 0) is 30.4 Å². The zero-order chi connectivity index (χ0) is 12.4. The van der Waals surface area contributed by atoms with E-state index in [0.717, 1.165) is 12.2 Å². The normalized spacial score (nSPS) is 15.6. The highest BCUT2D eigenvalue weighted by atomic mass is 32.1. The molecule has 2 amide bonds. The van der Waals surface area contributed by atoms with Crippen LogP contribution in [0.4, 0.5) is 0 Å². The Bertz CT molecular complexity index is 509. The molecular formula is C11H10N2O3S. The molecule has 0 saturated carbocycles. The van der Waals surface area contributed by atoms with Gasteiger partial charge in [0.2, 0.25) is 0 Å². The fourth-order valence-corrected chi connectivity index (χ4v) is 1.60. The summed E-state index contributed by atoms with van der Waals surface area (Å²) in [5, 5.41) is 4.72. The van der Waals surface area contributed by atoms with Crippen LogP contribution < -0.4 is 10.6 Å². The van der Waals surface area contributed by atoms with Crippen LogP contribution in [0.2, 0.25) is 0 Å². The average Bonchev–Trinajstić information content (AvgIpc) is 2.71. The van der Waals surface area contributed by atoms with Crippen LogP contribution in [0.15, 0.2) is 22.1 Å². The van der Waals surface area contributed by atoms with Crippen LogP contribution in [0.25, 0.3) is 6.08 Å². The highest BCUT2D eigenvalue weighted by molar-refractivity contribution is 7.80. The van der Waals surface area contributed by atoms with Gasteiger partial charge in [-0.3, -0.25) is 20.2 Å². The molecule has 5 nitrogen and oxygen atoms in total. The highest BCUT2D eigenvalue weighted by Gasteiger charge is 2.25. The van der Waals surface area contributed by atoms with E-state index in [4.69, 9.17) is 4.42 Å². The third kappa shape index (κ3) is 2.42. The van der Waals surface area contributed by atoms with Gasteiger partial charge in [-0.15, -0.1) is 0 Å². The van der Waals surface area contributed by atoms with Gasteiger partial charge >= 0.3 is 0 Å². The Balaban J connectivity index is 2.29. The third-order valence-electron chi connectivity index (χ3n) is 2.26. The molecule has 2 N–H and O–H groups in total. The maximum Gasteiger partial charge on any atom is 0.263 e. The van der Waals surface area contributed by atoms with Gasteiger partial charge in [-0.1, -0.05) is 6.92 Å². The second-order valence-electron chi connectivity index (χ2n) is 3.45. The van der Waals surface area contributed by atoms with Crippen LogP contribution in [0, 0.1) is 0 Å². The minimum atomic E-state index is -0.520. The van der Waals surface area contributed by atoms with E-state index in [1.54, 1.807) is 12.1 Å². The molecule has 0 spiro atoms. The Morgan fingerprint density at radius 3 is 2.47 bits per heavy atom.